The number of nitrogens with one attached hydrogen (secondary N) is 1. The average Bonchev–Trinajstić information content (AvgIpc) is 2.20. The van der Waals surface area contributed by atoms with Gasteiger partial charge >= 0.3 is 0 Å². The Morgan fingerprint density at radius 2 is 1.29 bits per heavy atom. The fraction of sp³-hybridized carbons (Fsp3) is 0.0833. The van der Waals surface area contributed by atoms with Gasteiger partial charge in [-0.2, -0.15) is 0 Å². The fourth-order valence-corrected chi connectivity index (χ4v) is 1.33. The van der Waals surface area contributed by atoms with Gasteiger partial charge in [-0.15, -0.1) is 0 Å². The summed E-state index contributed by atoms with van der Waals surface area (Å²) >= 11 is 0. The fourth-order valence-electron chi connectivity index (χ4n) is 1.33. The van der Waals surface area contributed by atoms with Crippen molar-refractivity contribution < 1.29 is 10.5 Å². The molecule has 14 heavy (non-hydrogen) atoms. The average molecular weight is 187 g/mol. The third-order valence-corrected chi connectivity index (χ3v) is 2.10. The molecule has 72 valence electrons. The van der Waals surface area contributed by atoms with Crippen molar-refractivity contribution in [1.29, 1.82) is 0 Å². The topological polar surface area (TPSA) is 44.1 Å². The van der Waals surface area contributed by atoms with Crippen LogP contribution in [0.3, 0.4) is 0 Å². The molecule has 0 amide bonds. The molecule has 0 aliphatic carbocycles. The molecule has 0 saturated carbocycles. The number of rotatable bonds is 1. The van der Waals surface area contributed by atoms with Crippen LogP contribution in [0.2, 0.25) is 0 Å². The predicted octanol–water partition coefficient (Wildman–Crippen LogP) is 2.30. The van der Waals surface area contributed by atoms with Crippen LogP contribution in [0, 0.1) is 6.92 Å². The first-order valence-electron chi connectivity index (χ1n) is 4.39. The van der Waals surface area contributed by atoms with E-state index in [9.17, 15) is 0 Å². The van der Waals surface area contributed by atoms with Gasteiger partial charge in [-0.1, -0.05) is 29.8 Å². The van der Waals surface area contributed by atoms with Crippen LogP contribution in [0.15, 0.2) is 48.8 Å². The molecule has 0 radical (unpaired) electrons. The van der Waals surface area contributed by atoms with Crippen LogP contribution in [0.5, 0.6) is 0 Å². The van der Waals surface area contributed by atoms with Crippen LogP contribution in [-0.4, -0.2) is 5.48 Å². The van der Waals surface area contributed by atoms with Crippen LogP contribution >= 0.6 is 0 Å². The highest BCUT2D eigenvalue weighted by atomic mass is 16.0. The predicted molar refractivity (Wildman–Crippen MR) is 55.1 cm³/mol. The Morgan fingerprint density at radius 3 is 1.86 bits per heavy atom. The molecule has 0 unspecified atom stereocenters. The first-order valence-corrected chi connectivity index (χ1v) is 4.39. The van der Waals surface area contributed by atoms with E-state index < -0.39 is 0 Å². The standard InChI is InChI=1S/C12H11N.H2O/c1-10-2-4-11(5-3-10)12-6-8-13-9-7-12;/h2-9H,1H3;1H2. The lowest BCUT2D eigenvalue weighted by atomic mass is 10.1. The van der Waals surface area contributed by atoms with Gasteiger partial charge < -0.3 is 5.48 Å². The van der Waals surface area contributed by atoms with Gasteiger partial charge in [0.25, 0.3) is 0 Å². The van der Waals surface area contributed by atoms with E-state index in [1.54, 1.807) is 0 Å². The Hall–Kier alpha value is -1.67. The van der Waals surface area contributed by atoms with E-state index in [0.29, 0.717) is 0 Å². The highest BCUT2D eigenvalue weighted by molar-refractivity contribution is 5.62. The summed E-state index contributed by atoms with van der Waals surface area (Å²) < 4.78 is 0. The van der Waals surface area contributed by atoms with Gasteiger partial charge in [0.15, 0.2) is 12.4 Å². The number of aromatic amines is 1. The minimum absolute atomic E-state index is 0. The van der Waals surface area contributed by atoms with Crippen LogP contribution in [0.4, 0.5) is 0 Å². The molecule has 2 N–H and O–H groups in total. The van der Waals surface area contributed by atoms with Gasteiger partial charge in [-0.3, -0.25) is 0 Å². The number of aryl methyl sites for hydroxylation is 1. The molecule has 2 heteroatoms. The van der Waals surface area contributed by atoms with Crippen LogP contribution in [0.25, 0.3) is 11.1 Å². The molecule has 0 spiro atoms. The van der Waals surface area contributed by atoms with Gasteiger partial charge in [0.05, 0.1) is 0 Å². The molecule has 2 nitrogen and oxygen atoms in total. The van der Waals surface area contributed by atoms with Crippen molar-refractivity contribution in [3.63, 3.8) is 0 Å². The third kappa shape index (κ3) is 2.18. The summed E-state index contributed by atoms with van der Waals surface area (Å²) in [4.78, 5) is 3.01. The van der Waals surface area contributed by atoms with Crippen LogP contribution in [-0.2, 0) is 0 Å². The van der Waals surface area contributed by atoms with Gasteiger partial charge in [-0.25, -0.2) is 4.98 Å². The first kappa shape index (κ1) is 10.4. The van der Waals surface area contributed by atoms with Gasteiger partial charge in [0.1, 0.15) is 0 Å². The maximum Gasteiger partial charge on any atom is 0.167 e. The van der Waals surface area contributed by atoms with Crippen molar-refractivity contribution in [3.8, 4) is 11.1 Å². The Labute approximate surface area is 83.6 Å². The number of hydrogen-bond acceptors (Lipinski definition) is 1. The number of benzene rings is 1. The SMILES string of the molecule is Cc1ccc(-c2cc[nH+]cc2)cc1.[OH-]. The highest BCUT2D eigenvalue weighted by Crippen LogP contribution is 2.17. The first-order chi connectivity index (χ1) is 6.36. The van der Waals surface area contributed by atoms with Crippen molar-refractivity contribution in [2.24, 2.45) is 0 Å². The Morgan fingerprint density at radius 1 is 0.786 bits per heavy atom. The molecule has 1 heterocycles. The molecule has 0 saturated heterocycles. The number of pyridine rings is 1. The quantitative estimate of drug-likeness (QED) is 0.675. The molecule has 1 aromatic heterocycles. The molecule has 2 aromatic rings. The maximum absolute atomic E-state index is 3.01. The number of hydrogen-bond donors (Lipinski definition) is 0. The molecule has 0 bridgehead atoms. The molecule has 2 rings (SSSR count). The number of H-pyrrole nitrogens is 1. The molecule has 0 fully saturated rings. The van der Waals surface area contributed by atoms with Crippen molar-refractivity contribution >= 4 is 0 Å². The van der Waals surface area contributed by atoms with Crippen molar-refractivity contribution in [2.75, 3.05) is 0 Å². The Bertz CT molecular complexity index is 381. The second-order valence-electron chi connectivity index (χ2n) is 3.15. The lowest BCUT2D eigenvalue weighted by Crippen LogP contribution is -1.96. The zero-order valence-corrected chi connectivity index (χ0v) is 8.07. The Balaban J connectivity index is 0.000000980. The van der Waals surface area contributed by atoms with Crippen LogP contribution in [0.1, 0.15) is 5.56 Å². The van der Waals surface area contributed by atoms with Gasteiger partial charge in [-0.05, 0) is 18.1 Å². The van der Waals surface area contributed by atoms with E-state index in [0.717, 1.165) is 0 Å². The molecule has 0 aliphatic heterocycles. The van der Waals surface area contributed by atoms with Crippen molar-refractivity contribution in [2.45, 2.75) is 6.92 Å². The minimum atomic E-state index is 0. The summed E-state index contributed by atoms with van der Waals surface area (Å²) in [7, 11) is 0. The zero-order valence-electron chi connectivity index (χ0n) is 8.07. The zero-order chi connectivity index (χ0) is 9.10. The summed E-state index contributed by atoms with van der Waals surface area (Å²) in [5.41, 5.74) is 3.81. The van der Waals surface area contributed by atoms with E-state index in [-0.39, 0.29) is 5.48 Å². The normalized spacial score (nSPS) is 9.21. The molecular formula is C12H13NO. The minimum Gasteiger partial charge on any atom is -0.870 e. The Kier molecular flexibility index (Phi) is 3.37. The second-order valence-corrected chi connectivity index (χ2v) is 3.15. The highest BCUT2D eigenvalue weighted by Gasteiger charge is 1.96. The summed E-state index contributed by atoms with van der Waals surface area (Å²) in [5, 5.41) is 0. The smallest absolute Gasteiger partial charge is 0.167 e. The molecule has 0 atom stereocenters. The van der Waals surface area contributed by atoms with E-state index in [1.165, 1.54) is 16.7 Å². The van der Waals surface area contributed by atoms with Crippen molar-refractivity contribution in [3.05, 3.63) is 54.4 Å². The lowest BCUT2D eigenvalue weighted by molar-refractivity contribution is -0.377. The summed E-state index contributed by atoms with van der Waals surface area (Å²) in [6, 6.07) is 12.7. The summed E-state index contributed by atoms with van der Waals surface area (Å²) in [5.74, 6) is 0. The third-order valence-electron chi connectivity index (χ3n) is 2.10. The van der Waals surface area contributed by atoms with E-state index >= 15 is 0 Å². The lowest BCUT2D eigenvalue weighted by Gasteiger charge is -1.98. The second kappa shape index (κ2) is 4.53. The van der Waals surface area contributed by atoms with E-state index in [4.69, 9.17) is 0 Å². The van der Waals surface area contributed by atoms with E-state index in [2.05, 4.69) is 48.3 Å². The van der Waals surface area contributed by atoms with Crippen molar-refractivity contribution in [1.82, 2.24) is 0 Å². The number of aromatic nitrogens is 1. The van der Waals surface area contributed by atoms with Gasteiger partial charge in [0, 0.05) is 12.1 Å². The molecule has 0 aliphatic rings. The largest absolute Gasteiger partial charge is 0.870 e. The monoisotopic (exact) mass is 187 g/mol. The van der Waals surface area contributed by atoms with Crippen LogP contribution < -0.4 is 4.98 Å². The van der Waals surface area contributed by atoms with E-state index in [1.807, 2.05) is 12.4 Å². The summed E-state index contributed by atoms with van der Waals surface area (Å²) in [6.07, 6.45) is 3.88. The van der Waals surface area contributed by atoms with Gasteiger partial charge in [0.2, 0.25) is 0 Å². The molecular weight excluding hydrogens is 174 g/mol. The molecule has 1 aromatic carbocycles. The summed E-state index contributed by atoms with van der Waals surface area (Å²) in [6.45, 7) is 2.10. The maximum atomic E-state index is 3.01.